The second-order valence-corrected chi connectivity index (χ2v) is 6.20. The third-order valence-corrected chi connectivity index (χ3v) is 4.45. The Morgan fingerprint density at radius 2 is 1.67 bits per heavy atom. The molecule has 0 bridgehead atoms. The summed E-state index contributed by atoms with van der Waals surface area (Å²) in [5, 5.41) is 8.18. The monoisotopic (exact) mass is 319 g/mol. The predicted molar refractivity (Wildman–Crippen MR) is 99.5 cm³/mol. The average molecular weight is 319 g/mol. The molecule has 3 heteroatoms. The fourth-order valence-electron chi connectivity index (χ4n) is 3.04. The van der Waals surface area contributed by atoms with E-state index in [1.807, 2.05) is 29.1 Å². The van der Waals surface area contributed by atoms with Crippen molar-refractivity contribution in [3.05, 3.63) is 83.7 Å². The molecule has 0 aliphatic carbocycles. The first-order valence-corrected chi connectivity index (χ1v) is 8.63. The van der Waals surface area contributed by atoms with Crippen LogP contribution in [-0.2, 0) is 6.42 Å². The van der Waals surface area contributed by atoms with Gasteiger partial charge in [-0.1, -0.05) is 48.5 Å². The summed E-state index contributed by atoms with van der Waals surface area (Å²) in [5.74, 6) is 0. The number of benzene rings is 2. The Morgan fingerprint density at radius 1 is 1.00 bits per heavy atom. The maximum Gasteiger partial charge on any atom is 0.0648 e. The smallest absolute Gasteiger partial charge is 0.0648 e. The summed E-state index contributed by atoms with van der Waals surface area (Å²) < 4.78 is 2.01. The number of para-hydroxylation sites is 1. The summed E-state index contributed by atoms with van der Waals surface area (Å²) in [5.41, 5.74) is 4.97. The number of rotatable bonds is 7. The fraction of sp³-hybridized carbons (Fsp3) is 0.286. The van der Waals surface area contributed by atoms with Gasteiger partial charge in [-0.25, -0.2) is 4.68 Å². The number of hydrogen-bond donors (Lipinski definition) is 1. The zero-order chi connectivity index (χ0) is 16.8. The fourth-order valence-corrected chi connectivity index (χ4v) is 3.04. The van der Waals surface area contributed by atoms with Gasteiger partial charge < -0.3 is 5.32 Å². The van der Waals surface area contributed by atoms with Gasteiger partial charge in [0.25, 0.3) is 0 Å². The molecule has 1 N–H and O–H groups in total. The molecule has 1 atom stereocenters. The van der Waals surface area contributed by atoms with Crippen LogP contribution in [0.2, 0.25) is 0 Å². The van der Waals surface area contributed by atoms with Gasteiger partial charge in [-0.2, -0.15) is 5.10 Å². The van der Waals surface area contributed by atoms with Gasteiger partial charge >= 0.3 is 0 Å². The van der Waals surface area contributed by atoms with Crippen LogP contribution in [0.25, 0.3) is 5.69 Å². The van der Waals surface area contributed by atoms with E-state index in [2.05, 4.69) is 66.7 Å². The van der Waals surface area contributed by atoms with Crippen LogP contribution in [0.1, 0.15) is 36.2 Å². The van der Waals surface area contributed by atoms with E-state index in [1.165, 1.54) is 16.8 Å². The lowest BCUT2D eigenvalue weighted by molar-refractivity contribution is 0.556. The van der Waals surface area contributed by atoms with Crippen molar-refractivity contribution in [1.82, 2.24) is 15.1 Å². The topological polar surface area (TPSA) is 29.9 Å². The largest absolute Gasteiger partial charge is 0.310 e. The van der Waals surface area contributed by atoms with E-state index in [1.54, 1.807) is 0 Å². The van der Waals surface area contributed by atoms with Crippen molar-refractivity contribution in [2.24, 2.45) is 0 Å². The average Bonchev–Trinajstić information content (AvgIpc) is 3.02. The maximum absolute atomic E-state index is 4.56. The van der Waals surface area contributed by atoms with Crippen molar-refractivity contribution in [3.8, 4) is 5.69 Å². The molecule has 0 unspecified atom stereocenters. The third-order valence-electron chi connectivity index (χ3n) is 4.45. The van der Waals surface area contributed by atoms with E-state index in [9.17, 15) is 0 Å². The Hall–Kier alpha value is -2.39. The Bertz CT molecular complexity index is 747. The van der Waals surface area contributed by atoms with Gasteiger partial charge in [0.2, 0.25) is 0 Å². The third kappa shape index (κ3) is 3.92. The van der Waals surface area contributed by atoms with Crippen molar-refractivity contribution in [2.75, 3.05) is 6.54 Å². The standard InChI is InChI=1S/C21H25N3/c1-17(22-15-9-12-19-10-5-3-6-11-19)21-16-23-24(18(21)2)20-13-7-4-8-14-20/h3-8,10-11,13-14,16-17,22H,9,12,15H2,1-2H3/t17-/m0/s1. The molecule has 3 nitrogen and oxygen atoms in total. The van der Waals surface area contributed by atoms with Gasteiger partial charge in [-0.15, -0.1) is 0 Å². The highest BCUT2D eigenvalue weighted by molar-refractivity contribution is 5.35. The van der Waals surface area contributed by atoms with Crippen LogP contribution in [0.3, 0.4) is 0 Å². The van der Waals surface area contributed by atoms with Crippen molar-refractivity contribution >= 4 is 0 Å². The highest BCUT2D eigenvalue weighted by atomic mass is 15.3. The molecule has 0 saturated carbocycles. The molecule has 1 aromatic heterocycles. The molecular weight excluding hydrogens is 294 g/mol. The Labute approximate surface area is 144 Å². The van der Waals surface area contributed by atoms with Crippen molar-refractivity contribution in [1.29, 1.82) is 0 Å². The van der Waals surface area contributed by atoms with Gasteiger partial charge in [0, 0.05) is 17.3 Å². The Morgan fingerprint density at radius 3 is 2.38 bits per heavy atom. The predicted octanol–water partition coefficient (Wildman–Crippen LogP) is 4.46. The first-order valence-electron chi connectivity index (χ1n) is 8.63. The maximum atomic E-state index is 4.56. The molecule has 124 valence electrons. The van der Waals surface area contributed by atoms with Crippen LogP contribution in [0, 0.1) is 6.92 Å². The summed E-state index contributed by atoms with van der Waals surface area (Å²) in [6, 6.07) is 21.2. The lowest BCUT2D eigenvalue weighted by Gasteiger charge is -2.14. The lowest BCUT2D eigenvalue weighted by atomic mass is 10.1. The second kappa shape index (κ2) is 7.93. The van der Waals surface area contributed by atoms with Gasteiger partial charge in [0.15, 0.2) is 0 Å². The first kappa shape index (κ1) is 16.5. The van der Waals surface area contributed by atoms with E-state index < -0.39 is 0 Å². The van der Waals surface area contributed by atoms with Crippen molar-refractivity contribution < 1.29 is 0 Å². The Kier molecular flexibility index (Phi) is 5.44. The number of nitrogens with zero attached hydrogens (tertiary/aromatic N) is 2. The molecule has 0 amide bonds. The van der Waals surface area contributed by atoms with Crippen molar-refractivity contribution in [2.45, 2.75) is 32.7 Å². The SMILES string of the molecule is Cc1c([C@H](C)NCCCc2ccccc2)cnn1-c1ccccc1. The quantitative estimate of drug-likeness (QED) is 0.651. The molecule has 0 saturated heterocycles. The minimum Gasteiger partial charge on any atom is -0.310 e. The normalized spacial score (nSPS) is 12.2. The summed E-state index contributed by atoms with van der Waals surface area (Å²) in [7, 11) is 0. The molecule has 0 aliphatic heterocycles. The second-order valence-electron chi connectivity index (χ2n) is 6.20. The minimum absolute atomic E-state index is 0.304. The lowest BCUT2D eigenvalue weighted by Crippen LogP contribution is -2.20. The van der Waals surface area contributed by atoms with Crippen LogP contribution in [-0.4, -0.2) is 16.3 Å². The molecule has 0 aliphatic rings. The van der Waals surface area contributed by atoms with Gasteiger partial charge in [0.1, 0.15) is 0 Å². The summed E-state index contributed by atoms with van der Waals surface area (Å²) >= 11 is 0. The zero-order valence-corrected chi connectivity index (χ0v) is 14.4. The van der Waals surface area contributed by atoms with E-state index in [0.29, 0.717) is 6.04 Å². The summed E-state index contributed by atoms with van der Waals surface area (Å²) in [6.07, 6.45) is 4.24. The minimum atomic E-state index is 0.304. The van der Waals surface area contributed by atoms with Crippen LogP contribution in [0.5, 0.6) is 0 Å². The van der Waals surface area contributed by atoms with Crippen LogP contribution < -0.4 is 5.32 Å². The Balaban J connectivity index is 1.56. The molecular formula is C21H25N3. The van der Waals surface area contributed by atoms with E-state index >= 15 is 0 Å². The van der Waals surface area contributed by atoms with Crippen LogP contribution in [0.4, 0.5) is 0 Å². The first-order chi connectivity index (χ1) is 11.8. The highest BCUT2D eigenvalue weighted by Crippen LogP contribution is 2.20. The van der Waals surface area contributed by atoms with Gasteiger partial charge in [-0.3, -0.25) is 0 Å². The van der Waals surface area contributed by atoms with E-state index in [-0.39, 0.29) is 0 Å². The van der Waals surface area contributed by atoms with Crippen molar-refractivity contribution in [3.63, 3.8) is 0 Å². The van der Waals surface area contributed by atoms with E-state index in [4.69, 9.17) is 0 Å². The summed E-state index contributed by atoms with van der Waals surface area (Å²) in [4.78, 5) is 0. The molecule has 0 radical (unpaired) electrons. The summed E-state index contributed by atoms with van der Waals surface area (Å²) in [6.45, 7) is 5.35. The van der Waals surface area contributed by atoms with E-state index in [0.717, 1.165) is 25.1 Å². The number of nitrogens with one attached hydrogen (secondary N) is 1. The molecule has 24 heavy (non-hydrogen) atoms. The molecule has 3 aromatic rings. The number of aromatic nitrogens is 2. The number of hydrogen-bond acceptors (Lipinski definition) is 2. The zero-order valence-electron chi connectivity index (χ0n) is 14.4. The molecule has 1 heterocycles. The van der Waals surface area contributed by atoms with Crippen LogP contribution >= 0.6 is 0 Å². The molecule has 3 rings (SSSR count). The molecule has 0 spiro atoms. The van der Waals surface area contributed by atoms with Gasteiger partial charge in [0.05, 0.1) is 11.9 Å². The van der Waals surface area contributed by atoms with Crippen LogP contribution in [0.15, 0.2) is 66.9 Å². The number of aryl methyl sites for hydroxylation is 1. The van der Waals surface area contributed by atoms with Gasteiger partial charge in [-0.05, 0) is 50.9 Å². The highest BCUT2D eigenvalue weighted by Gasteiger charge is 2.13. The molecule has 0 fully saturated rings. The molecule has 2 aromatic carbocycles.